The first-order valence-electron chi connectivity index (χ1n) is 7.61. The molecule has 3 nitrogen and oxygen atoms in total. The third-order valence-corrected chi connectivity index (χ3v) is 4.68. The molecule has 0 saturated carbocycles. The fourth-order valence-corrected chi connectivity index (χ4v) is 3.13. The largest absolute Gasteiger partial charge is 0.297 e. The molecule has 0 bridgehead atoms. The number of hydrazine groups is 1. The number of hydrogen-bond acceptors (Lipinski definition) is 3. The molecule has 0 aromatic heterocycles. The quantitative estimate of drug-likeness (QED) is 0.648. The zero-order valence-electron chi connectivity index (χ0n) is 12.8. The Morgan fingerprint density at radius 3 is 2.52 bits per heavy atom. The van der Waals surface area contributed by atoms with E-state index in [2.05, 4.69) is 24.2 Å². The summed E-state index contributed by atoms with van der Waals surface area (Å²) < 4.78 is 27.2. The summed E-state index contributed by atoms with van der Waals surface area (Å²) in [7, 11) is 0. The maximum absolute atomic E-state index is 13.9. The molecule has 0 amide bonds. The minimum absolute atomic E-state index is 0.146. The van der Waals surface area contributed by atoms with Gasteiger partial charge in [-0.15, -0.1) is 0 Å². The average molecular weight is 297 g/mol. The van der Waals surface area contributed by atoms with Crippen molar-refractivity contribution in [3.8, 4) is 0 Å². The standard InChI is InChI=1S/C16H25F2N3/c1-16(2,21-9-4-3-5-10-21)14(20-19)11-12-7-6-8-13(17)15(12)18/h6-8,14,20H,3-5,9-11,19H2,1-2H3. The highest BCUT2D eigenvalue weighted by Gasteiger charge is 2.36. The zero-order valence-corrected chi connectivity index (χ0v) is 12.8. The van der Waals surface area contributed by atoms with Gasteiger partial charge >= 0.3 is 0 Å². The van der Waals surface area contributed by atoms with E-state index in [1.807, 2.05) is 0 Å². The molecule has 3 N–H and O–H groups in total. The van der Waals surface area contributed by atoms with Gasteiger partial charge in [-0.3, -0.25) is 16.2 Å². The van der Waals surface area contributed by atoms with E-state index in [-0.39, 0.29) is 11.6 Å². The molecular formula is C16H25F2N3. The van der Waals surface area contributed by atoms with Crippen LogP contribution < -0.4 is 11.3 Å². The Morgan fingerprint density at radius 2 is 1.90 bits per heavy atom. The molecule has 1 aliphatic heterocycles. The highest BCUT2D eigenvalue weighted by molar-refractivity contribution is 5.21. The summed E-state index contributed by atoms with van der Waals surface area (Å²) in [6, 6.07) is 4.15. The van der Waals surface area contributed by atoms with Crippen LogP contribution >= 0.6 is 0 Å². The van der Waals surface area contributed by atoms with Gasteiger partial charge in [0.2, 0.25) is 0 Å². The smallest absolute Gasteiger partial charge is 0.162 e. The molecule has 0 radical (unpaired) electrons. The lowest BCUT2D eigenvalue weighted by molar-refractivity contribution is 0.0608. The van der Waals surface area contributed by atoms with E-state index in [9.17, 15) is 8.78 Å². The van der Waals surface area contributed by atoms with Crippen molar-refractivity contribution in [2.24, 2.45) is 5.84 Å². The van der Waals surface area contributed by atoms with Crippen LogP contribution in [0.4, 0.5) is 8.78 Å². The molecule has 1 aromatic rings. The van der Waals surface area contributed by atoms with Gasteiger partial charge in [-0.25, -0.2) is 8.78 Å². The summed E-state index contributed by atoms with van der Waals surface area (Å²) in [6.45, 7) is 6.27. The van der Waals surface area contributed by atoms with Crippen molar-refractivity contribution in [3.05, 3.63) is 35.4 Å². The zero-order chi connectivity index (χ0) is 15.5. The van der Waals surface area contributed by atoms with Crippen molar-refractivity contribution >= 4 is 0 Å². The number of piperidine rings is 1. The molecular weight excluding hydrogens is 272 g/mol. The van der Waals surface area contributed by atoms with Gasteiger partial charge < -0.3 is 0 Å². The summed E-state index contributed by atoms with van der Waals surface area (Å²) in [5.74, 6) is 4.13. The number of nitrogens with one attached hydrogen (secondary N) is 1. The van der Waals surface area contributed by atoms with Crippen molar-refractivity contribution < 1.29 is 8.78 Å². The van der Waals surface area contributed by atoms with Gasteiger partial charge in [-0.05, 0) is 57.8 Å². The Labute approximate surface area is 125 Å². The number of nitrogens with two attached hydrogens (primary N) is 1. The molecule has 118 valence electrons. The maximum Gasteiger partial charge on any atom is 0.162 e. The van der Waals surface area contributed by atoms with Crippen molar-refractivity contribution in [1.29, 1.82) is 0 Å². The Balaban J connectivity index is 2.16. The van der Waals surface area contributed by atoms with Crippen molar-refractivity contribution in [1.82, 2.24) is 10.3 Å². The Hall–Kier alpha value is -1.04. The van der Waals surface area contributed by atoms with Crippen LogP contribution in [-0.2, 0) is 6.42 Å². The molecule has 1 fully saturated rings. The number of hydrogen-bond donors (Lipinski definition) is 2. The maximum atomic E-state index is 13.9. The second-order valence-corrected chi connectivity index (χ2v) is 6.34. The molecule has 1 atom stereocenters. The fourth-order valence-electron chi connectivity index (χ4n) is 3.13. The highest BCUT2D eigenvalue weighted by atomic mass is 19.2. The predicted octanol–water partition coefficient (Wildman–Crippen LogP) is 2.60. The third-order valence-electron chi connectivity index (χ3n) is 4.68. The first kappa shape index (κ1) is 16.3. The molecule has 1 heterocycles. The molecule has 2 rings (SSSR count). The molecule has 0 spiro atoms. The summed E-state index contributed by atoms with van der Waals surface area (Å²) in [4.78, 5) is 2.39. The summed E-state index contributed by atoms with van der Waals surface area (Å²) in [5, 5.41) is 0. The van der Waals surface area contributed by atoms with E-state index in [4.69, 9.17) is 5.84 Å². The van der Waals surface area contributed by atoms with E-state index in [0.717, 1.165) is 19.2 Å². The lowest BCUT2D eigenvalue weighted by atomic mass is 9.86. The first-order valence-corrected chi connectivity index (χ1v) is 7.61. The third kappa shape index (κ3) is 3.59. The summed E-state index contributed by atoms with van der Waals surface area (Å²) in [6.07, 6.45) is 3.97. The van der Waals surface area contributed by atoms with Gasteiger partial charge in [0.05, 0.1) is 0 Å². The van der Waals surface area contributed by atoms with Crippen LogP contribution in [0.3, 0.4) is 0 Å². The number of likely N-dealkylation sites (tertiary alicyclic amines) is 1. The van der Waals surface area contributed by atoms with Crippen LogP contribution in [0.15, 0.2) is 18.2 Å². The summed E-state index contributed by atoms with van der Waals surface area (Å²) >= 11 is 0. The Morgan fingerprint density at radius 1 is 1.24 bits per heavy atom. The van der Waals surface area contributed by atoms with E-state index in [1.165, 1.54) is 25.3 Å². The van der Waals surface area contributed by atoms with Crippen LogP contribution in [0.25, 0.3) is 0 Å². The van der Waals surface area contributed by atoms with Crippen molar-refractivity contribution in [3.63, 3.8) is 0 Å². The molecule has 21 heavy (non-hydrogen) atoms. The second kappa shape index (κ2) is 6.81. The van der Waals surface area contributed by atoms with Crippen molar-refractivity contribution in [2.75, 3.05) is 13.1 Å². The highest BCUT2D eigenvalue weighted by Crippen LogP contribution is 2.26. The minimum atomic E-state index is -0.806. The van der Waals surface area contributed by atoms with Gasteiger partial charge in [-0.2, -0.15) is 0 Å². The normalized spacial score (nSPS) is 18.7. The topological polar surface area (TPSA) is 41.3 Å². The minimum Gasteiger partial charge on any atom is -0.297 e. The first-order chi connectivity index (χ1) is 9.96. The molecule has 1 aromatic carbocycles. The second-order valence-electron chi connectivity index (χ2n) is 6.34. The molecule has 5 heteroatoms. The van der Waals surface area contributed by atoms with E-state index < -0.39 is 11.6 Å². The van der Waals surface area contributed by atoms with E-state index in [0.29, 0.717) is 12.0 Å². The predicted molar refractivity (Wildman–Crippen MR) is 80.7 cm³/mol. The number of benzene rings is 1. The Kier molecular flexibility index (Phi) is 5.30. The van der Waals surface area contributed by atoms with E-state index in [1.54, 1.807) is 6.07 Å². The van der Waals surface area contributed by atoms with Crippen LogP contribution in [-0.4, -0.2) is 29.6 Å². The van der Waals surface area contributed by atoms with Crippen LogP contribution in [0.5, 0.6) is 0 Å². The van der Waals surface area contributed by atoms with Crippen LogP contribution in [0.2, 0.25) is 0 Å². The number of nitrogens with zero attached hydrogens (tertiary/aromatic N) is 1. The lowest BCUT2D eigenvalue weighted by Gasteiger charge is -2.45. The van der Waals surface area contributed by atoms with Gasteiger partial charge in [0.25, 0.3) is 0 Å². The molecule has 1 aliphatic rings. The van der Waals surface area contributed by atoms with Gasteiger partial charge in [0.1, 0.15) is 0 Å². The van der Waals surface area contributed by atoms with Crippen molar-refractivity contribution in [2.45, 2.75) is 51.1 Å². The molecule has 1 saturated heterocycles. The number of rotatable bonds is 5. The van der Waals surface area contributed by atoms with E-state index >= 15 is 0 Å². The molecule has 0 aliphatic carbocycles. The van der Waals surface area contributed by atoms with Gasteiger partial charge in [-0.1, -0.05) is 18.6 Å². The summed E-state index contributed by atoms with van der Waals surface area (Å²) in [5.41, 5.74) is 2.95. The molecule has 1 unspecified atom stereocenters. The average Bonchev–Trinajstić information content (AvgIpc) is 2.49. The SMILES string of the molecule is CC(C)(C(Cc1cccc(F)c1F)NN)N1CCCCC1. The monoisotopic (exact) mass is 297 g/mol. The lowest BCUT2D eigenvalue weighted by Crippen LogP contribution is -2.61. The van der Waals surface area contributed by atoms with Crippen LogP contribution in [0, 0.1) is 11.6 Å². The number of halogens is 2. The Bertz CT molecular complexity index is 471. The van der Waals surface area contributed by atoms with Gasteiger partial charge in [0.15, 0.2) is 11.6 Å². The van der Waals surface area contributed by atoms with Crippen LogP contribution in [0.1, 0.15) is 38.7 Å². The van der Waals surface area contributed by atoms with Gasteiger partial charge in [0, 0.05) is 11.6 Å². The fraction of sp³-hybridized carbons (Fsp3) is 0.625.